The first-order valence-electron chi connectivity index (χ1n) is 15.2. The van der Waals surface area contributed by atoms with E-state index in [4.69, 9.17) is 25.4 Å². The quantitative estimate of drug-likeness (QED) is 0.0333. The number of unbranched alkanes of at least 4 members (excludes halogenated alkanes) is 2. The fourth-order valence-electron chi connectivity index (χ4n) is 3.81. The van der Waals surface area contributed by atoms with Gasteiger partial charge in [-0.05, 0) is 12.8 Å². The maximum atomic E-state index is 12.7. The first-order valence-corrected chi connectivity index (χ1v) is 15.2. The highest BCUT2D eigenvalue weighted by Gasteiger charge is 2.25. The molecule has 4 N–H and O–H groups in total. The molecular weight excluding hydrogens is 592 g/mol. The largest absolute Gasteiger partial charge is 0.480 e. The van der Waals surface area contributed by atoms with E-state index in [1.165, 1.54) is 4.90 Å². The lowest BCUT2D eigenvalue weighted by Gasteiger charge is -2.23. The Kier molecular flexibility index (Phi) is 25.9. The van der Waals surface area contributed by atoms with Crippen molar-refractivity contribution in [2.24, 2.45) is 0 Å². The molecule has 0 spiro atoms. The van der Waals surface area contributed by atoms with Gasteiger partial charge in [0.1, 0.15) is 12.6 Å². The molecule has 0 aliphatic carbocycles. The molecule has 0 heterocycles. The van der Waals surface area contributed by atoms with Crippen molar-refractivity contribution in [1.82, 2.24) is 20.9 Å². The predicted molar refractivity (Wildman–Crippen MR) is 163 cm³/mol. The smallest absolute Gasteiger partial charge is 0.326 e. The SMILES string of the molecule is C#CCOCCOCCOCCOCCNC(=O)CN(CC(=O)N[C@@H](CCCC)C(=O)O)CC(=O)N[C@@H](CCCC)C(=O)C=O. The topological polar surface area (TPSA) is 199 Å². The van der Waals surface area contributed by atoms with E-state index in [2.05, 4.69) is 21.9 Å². The van der Waals surface area contributed by atoms with E-state index in [0.29, 0.717) is 45.9 Å². The number of Topliss-reactive ketones (excluding diaryl/α,β-unsaturated/α-hetero) is 1. The molecule has 0 saturated heterocycles. The number of nitrogens with one attached hydrogen (secondary N) is 3. The molecule has 0 unspecified atom stereocenters. The van der Waals surface area contributed by atoms with Gasteiger partial charge in [0.25, 0.3) is 0 Å². The Morgan fingerprint density at radius 3 is 1.71 bits per heavy atom. The molecule has 0 bridgehead atoms. The van der Waals surface area contributed by atoms with E-state index < -0.39 is 54.6 Å². The fourth-order valence-corrected chi connectivity index (χ4v) is 3.81. The Balaban J connectivity index is 4.79. The van der Waals surface area contributed by atoms with Crippen molar-refractivity contribution in [2.75, 3.05) is 79.0 Å². The maximum absolute atomic E-state index is 12.7. The van der Waals surface area contributed by atoms with Crippen LogP contribution in [0, 0.1) is 12.3 Å². The van der Waals surface area contributed by atoms with E-state index >= 15 is 0 Å². The minimum atomic E-state index is -1.19. The van der Waals surface area contributed by atoms with Gasteiger partial charge in [-0.3, -0.25) is 28.9 Å². The Hall–Kier alpha value is -3.42. The van der Waals surface area contributed by atoms with Crippen LogP contribution >= 0.6 is 0 Å². The summed E-state index contributed by atoms with van der Waals surface area (Å²) in [7, 11) is 0. The molecule has 0 aromatic carbocycles. The number of ether oxygens (including phenoxy) is 4. The zero-order valence-corrected chi connectivity index (χ0v) is 26.5. The number of carbonyl (C=O) groups is 6. The number of hydrogen-bond acceptors (Lipinski definition) is 11. The maximum Gasteiger partial charge on any atom is 0.326 e. The normalized spacial score (nSPS) is 12.1. The zero-order chi connectivity index (χ0) is 33.7. The number of terminal acetylenes is 1. The van der Waals surface area contributed by atoms with Crippen molar-refractivity contribution < 1.29 is 52.8 Å². The third-order valence-corrected chi connectivity index (χ3v) is 6.09. The molecule has 2 atom stereocenters. The van der Waals surface area contributed by atoms with Gasteiger partial charge >= 0.3 is 5.97 Å². The third kappa shape index (κ3) is 23.6. The Morgan fingerprint density at radius 2 is 1.22 bits per heavy atom. The van der Waals surface area contributed by atoms with Crippen molar-refractivity contribution in [3.63, 3.8) is 0 Å². The Bertz CT molecular complexity index is 926. The van der Waals surface area contributed by atoms with Crippen molar-refractivity contribution in [1.29, 1.82) is 0 Å². The van der Waals surface area contributed by atoms with Crippen LogP contribution in [0.25, 0.3) is 0 Å². The molecule has 0 saturated carbocycles. The number of carboxylic acid groups (broad SMARTS) is 1. The average Bonchev–Trinajstić information content (AvgIpc) is 3.00. The number of aliphatic carboxylic acids is 1. The molecule has 0 aromatic heterocycles. The summed E-state index contributed by atoms with van der Waals surface area (Å²) in [5, 5.41) is 17.0. The molecular formula is C30H50N4O11. The predicted octanol–water partition coefficient (Wildman–Crippen LogP) is -0.693. The van der Waals surface area contributed by atoms with Crippen LogP contribution in [0.1, 0.15) is 52.4 Å². The molecule has 0 aromatic rings. The van der Waals surface area contributed by atoms with Crippen molar-refractivity contribution in [3.8, 4) is 12.3 Å². The van der Waals surface area contributed by atoms with Gasteiger partial charge in [-0.1, -0.05) is 45.5 Å². The lowest BCUT2D eigenvalue weighted by atomic mass is 10.1. The van der Waals surface area contributed by atoms with Crippen LogP contribution in [0.15, 0.2) is 0 Å². The van der Waals surface area contributed by atoms with E-state index in [-0.39, 0.29) is 52.0 Å². The van der Waals surface area contributed by atoms with Gasteiger partial charge in [-0.15, -0.1) is 6.42 Å². The second kappa shape index (κ2) is 28.1. The highest BCUT2D eigenvalue weighted by molar-refractivity contribution is 6.27. The highest BCUT2D eigenvalue weighted by atomic mass is 16.6. The van der Waals surface area contributed by atoms with Crippen LogP contribution in [0.2, 0.25) is 0 Å². The summed E-state index contributed by atoms with van der Waals surface area (Å²) >= 11 is 0. The van der Waals surface area contributed by atoms with Crippen LogP contribution < -0.4 is 16.0 Å². The summed E-state index contributed by atoms with van der Waals surface area (Å²) in [6, 6.07) is -2.13. The Labute approximate surface area is 265 Å². The third-order valence-electron chi connectivity index (χ3n) is 6.09. The number of hydrogen-bond donors (Lipinski definition) is 4. The molecule has 3 amide bonds. The highest BCUT2D eigenvalue weighted by Crippen LogP contribution is 2.03. The van der Waals surface area contributed by atoms with Crippen LogP contribution in [-0.4, -0.2) is 137 Å². The van der Waals surface area contributed by atoms with Gasteiger partial charge in [0.05, 0.1) is 71.9 Å². The lowest BCUT2D eigenvalue weighted by Crippen LogP contribution is -2.51. The average molecular weight is 643 g/mol. The van der Waals surface area contributed by atoms with E-state index in [1.54, 1.807) is 0 Å². The summed E-state index contributed by atoms with van der Waals surface area (Å²) in [4.78, 5) is 73.8. The number of aldehydes is 1. The van der Waals surface area contributed by atoms with Crippen molar-refractivity contribution >= 4 is 35.8 Å². The second-order valence-corrected chi connectivity index (χ2v) is 9.97. The molecule has 0 radical (unpaired) electrons. The molecule has 256 valence electrons. The molecule has 0 fully saturated rings. The van der Waals surface area contributed by atoms with Crippen LogP contribution in [0.4, 0.5) is 0 Å². The second-order valence-electron chi connectivity index (χ2n) is 9.97. The lowest BCUT2D eigenvalue weighted by molar-refractivity contribution is -0.142. The molecule has 0 aliphatic heterocycles. The molecule has 15 heteroatoms. The minimum Gasteiger partial charge on any atom is -0.480 e. The molecule has 45 heavy (non-hydrogen) atoms. The molecule has 0 aliphatic rings. The summed E-state index contributed by atoms with van der Waals surface area (Å²) in [5.74, 6) is -1.47. The summed E-state index contributed by atoms with van der Waals surface area (Å²) in [6.45, 7) is 5.29. The van der Waals surface area contributed by atoms with Gasteiger partial charge in [-0.2, -0.15) is 0 Å². The number of carboxylic acids is 1. The van der Waals surface area contributed by atoms with Crippen molar-refractivity contribution in [3.05, 3.63) is 0 Å². The summed E-state index contributed by atoms with van der Waals surface area (Å²) in [5.41, 5.74) is 0. The van der Waals surface area contributed by atoms with Gasteiger partial charge in [0.2, 0.25) is 23.5 Å². The van der Waals surface area contributed by atoms with Crippen LogP contribution in [-0.2, 0) is 47.7 Å². The zero-order valence-electron chi connectivity index (χ0n) is 26.5. The summed E-state index contributed by atoms with van der Waals surface area (Å²) < 4.78 is 21.2. The number of nitrogens with zero attached hydrogens (tertiary/aromatic N) is 1. The van der Waals surface area contributed by atoms with E-state index in [1.807, 2.05) is 13.8 Å². The Morgan fingerprint density at radius 1 is 0.756 bits per heavy atom. The van der Waals surface area contributed by atoms with E-state index in [9.17, 15) is 33.9 Å². The van der Waals surface area contributed by atoms with E-state index in [0.717, 1.165) is 12.8 Å². The minimum absolute atomic E-state index is 0.144. The molecule has 0 rings (SSSR count). The van der Waals surface area contributed by atoms with Crippen LogP contribution in [0.5, 0.6) is 0 Å². The fraction of sp³-hybridized carbons (Fsp3) is 0.733. The number of amides is 3. The number of rotatable bonds is 30. The monoisotopic (exact) mass is 642 g/mol. The number of carbonyl (C=O) groups excluding carboxylic acids is 5. The number of ketones is 1. The molecule has 15 nitrogen and oxygen atoms in total. The van der Waals surface area contributed by atoms with Gasteiger partial charge in [-0.25, -0.2) is 4.79 Å². The first kappa shape index (κ1) is 41.6. The van der Waals surface area contributed by atoms with Gasteiger partial charge in [0.15, 0.2) is 6.29 Å². The first-order chi connectivity index (χ1) is 21.7. The summed E-state index contributed by atoms with van der Waals surface area (Å²) in [6.07, 6.45) is 8.37. The van der Waals surface area contributed by atoms with Gasteiger partial charge in [0, 0.05) is 6.54 Å². The van der Waals surface area contributed by atoms with Crippen molar-refractivity contribution in [2.45, 2.75) is 64.5 Å². The van der Waals surface area contributed by atoms with Crippen LogP contribution in [0.3, 0.4) is 0 Å². The van der Waals surface area contributed by atoms with Gasteiger partial charge < -0.3 is 40.0 Å². The standard InChI is InChI=1S/C30H50N4O11/c1-4-7-9-24(26(36)23-35)32-28(38)21-34(22-29(39)33-25(30(40)41)10-8-5-2)20-27(37)31-11-13-43-15-17-45-19-18-44-16-14-42-12-6-3/h3,23-25H,4-5,7-22H2,1-2H3,(H,31,37)(H,32,38)(H,33,39)(H,40,41)/t24-,25-/m0/s1.